The van der Waals surface area contributed by atoms with Crippen molar-refractivity contribution in [3.63, 3.8) is 0 Å². The third-order valence-corrected chi connectivity index (χ3v) is 3.01. The molecule has 4 nitrogen and oxygen atoms in total. The van der Waals surface area contributed by atoms with E-state index in [4.69, 9.17) is 4.74 Å². The number of H-pyrrole nitrogens is 1. The lowest BCUT2D eigenvalue weighted by Crippen LogP contribution is -2.17. The van der Waals surface area contributed by atoms with Crippen LogP contribution < -0.4 is 0 Å². The number of aliphatic imine (C=N–C) groups is 1. The lowest BCUT2D eigenvalue weighted by molar-refractivity contribution is 0.151. The van der Waals surface area contributed by atoms with Gasteiger partial charge in [0.15, 0.2) is 6.10 Å². The van der Waals surface area contributed by atoms with E-state index in [2.05, 4.69) is 9.98 Å². The summed E-state index contributed by atoms with van der Waals surface area (Å²) in [5.41, 5.74) is 1.87. The second-order valence-corrected chi connectivity index (χ2v) is 4.22. The van der Waals surface area contributed by atoms with E-state index in [-0.39, 0.29) is 18.8 Å². The van der Waals surface area contributed by atoms with Crippen LogP contribution in [0.3, 0.4) is 0 Å². The van der Waals surface area contributed by atoms with Crippen molar-refractivity contribution in [1.82, 2.24) is 4.98 Å². The molecule has 0 bridgehead atoms. The Labute approximate surface area is 105 Å². The first-order chi connectivity index (χ1) is 8.88. The summed E-state index contributed by atoms with van der Waals surface area (Å²) in [7, 11) is 0. The number of aromatic nitrogens is 1. The number of nitrogens with zero attached hydrogens (tertiary/aromatic N) is 1. The van der Waals surface area contributed by atoms with Crippen molar-refractivity contribution in [2.24, 2.45) is 4.99 Å². The highest BCUT2D eigenvalue weighted by atomic mass is 16.5. The second-order valence-electron chi connectivity index (χ2n) is 4.22. The van der Waals surface area contributed by atoms with E-state index in [9.17, 15) is 5.11 Å². The zero-order valence-electron chi connectivity index (χ0n) is 9.78. The monoisotopic (exact) mass is 242 g/mol. The predicted octanol–water partition coefficient (Wildman–Crippen LogP) is 1.89. The van der Waals surface area contributed by atoms with Gasteiger partial charge in [-0.1, -0.05) is 30.3 Å². The fraction of sp³-hybridized carbons (Fsp3) is 0.214. The minimum Gasteiger partial charge on any atom is -0.466 e. The molecular weight excluding hydrogens is 228 g/mol. The molecule has 92 valence electrons. The van der Waals surface area contributed by atoms with Crippen LogP contribution in [0.15, 0.2) is 53.7 Å². The summed E-state index contributed by atoms with van der Waals surface area (Å²) in [5.74, 6) is 0.563. The molecule has 0 saturated carbocycles. The van der Waals surface area contributed by atoms with E-state index in [1.807, 2.05) is 48.7 Å². The van der Waals surface area contributed by atoms with Crippen molar-refractivity contribution >= 4 is 5.90 Å². The van der Waals surface area contributed by atoms with Crippen LogP contribution in [-0.2, 0) is 4.74 Å². The van der Waals surface area contributed by atoms with Crippen LogP contribution in [0, 0.1) is 0 Å². The lowest BCUT2D eigenvalue weighted by atomic mass is 10.0. The topological polar surface area (TPSA) is 57.6 Å². The highest BCUT2D eigenvalue weighted by Gasteiger charge is 2.32. The highest BCUT2D eigenvalue weighted by Crippen LogP contribution is 2.30. The number of hydrogen-bond donors (Lipinski definition) is 2. The fourth-order valence-corrected chi connectivity index (χ4v) is 2.11. The largest absolute Gasteiger partial charge is 0.466 e. The van der Waals surface area contributed by atoms with E-state index >= 15 is 0 Å². The summed E-state index contributed by atoms with van der Waals surface area (Å²) < 4.78 is 5.85. The van der Waals surface area contributed by atoms with Gasteiger partial charge in [0.1, 0.15) is 11.7 Å². The molecule has 1 aromatic heterocycles. The van der Waals surface area contributed by atoms with Crippen LogP contribution >= 0.6 is 0 Å². The molecule has 2 atom stereocenters. The summed E-state index contributed by atoms with van der Waals surface area (Å²) in [5, 5.41) is 9.42. The van der Waals surface area contributed by atoms with Crippen LogP contribution in [-0.4, -0.2) is 28.6 Å². The first kappa shape index (κ1) is 11.0. The molecule has 0 amide bonds. The van der Waals surface area contributed by atoms with Gasteiger partial charge in [-0.25, -0.2) is 4.99 Å². The number of hydrogen-bond acceptors (Lipinski definition) is 3. The van der Waals surface area contributed by atoms with E-state index in [1.54, 1.807) is 0 Å². The third kappa shape index (κ3) is 1.91. The van der Waals surface area contributed by atoms with Crippen LogP contribution in [0.5, 0.6) is 0 Å². The standard InChI is InChI=1S/C14H14N2O2/c17-9-12-13(10-5-2-1-3-6-10)18-14(16-12)11-7-4-8-15-11/h1-8,12-13,15,17H,9H2/t12-,13-/m0/s1. The first-order valence-corrected chi connectivity index (χ1v) is 5.92. The number of rotatable bonds is 3. The Bertz CT molecular complexity index is 534. The number of ether oxygens (including phenoxy) is 1. The summed E-state index contributed by atoms with van der Waals surface area (Å²) in [6.07, 6.45) is 1.61. The van der Waals surface area contributed by atoms with Crippen molar-refractivity contribution in [3.05, 3.63) is 59.9 Å². The van der Waals surface area contributed by atoms with Crippen LogP contribution in [0.2, 0.25) is 0 Å². The Morgan fingerprint density at radius 1 is 1.17 bits per heavy atom. The SMILES string of the molecule is OC[C@@H]1N=C(c2ccc[nH]2)O[C@H]1c1ccccc1. The Balaban J connectivity index is 1.88. The molecule has 0 unspecified atom stereocenters. The van der Waals surface area contributed by atoms with Gasteiger partial charge in [-0.15, -0.1) is 0 Å². The van der Waals surface area contributed by atoms with Gasteiger partial charge < -0.3 is 14.8 Å². The number of benzene rings is 1. The summed E-state index contributed by atoms with van der Waals surface area (Å²) in [6.45, 7) is -0.0240. The molecule has 0 fully saturated rings. The molecule has 0 radical (unpaired) electrons. The minimum absolute atomic E-state index is 0.0240. The van der Waals surface area contributed by atoms with Crippen molar-refractivity contribution in [2.75, 3.05) is 6.61 Å². The van der Waals surface area contributed by atoms with Crippen molar-refractivity contribution < 1.29 is 9.84 Å². The van der Waals surface area contributed by atoms with Crippen LogP contribution in [0.25, 0.3) is 0 Å². The predicted molar refractivity (Wildman–Crippen MR) is 68.5 cm³/mol. The second kappa shape index (κ2) is 4.66. The van der Waals surface area contributed by atoms with E-state index < -0.39 is 0 Å². The van der Waals surface area contributed by atoms with Crippen LogP contribution in [0.4, 0.5) is 0 Å². The minimum atomic E-state index is -0.245. The molecule has 1 aliphatic rings. The number of aromatic amines is 1. The van der Waals surface area contributed by atoms with Gasteiger partial charge in [0.25, 0.3) is 0 Å². The zero-order valence-corrected chi connectivity index (χ0v) is 9.78. The van der Waals surface area contributed by atoms with Crippen LogP contribution in [0.1, 0.15) is 17.4 Å². The average Bonchev–Trinajstić information content (AvgIpc) is 3.08. The molecule has 0 spiro atoms. The molecule has 2 aromatic rings. The van der Waals surface area contributed by atoms with Gasteiger partial charge in [0.05, 0.1) is 6.61 Å². The summed E-state index contributed by atoms with van der Waals surface area (Å²) in [6, 6.07) is 13.4. The smallest absolute Gasteiger partial charge is 0.234 e. The van der Waals surface area contributed by atoms with Crippen molar-refractivity contribution in [2.45, 2.75) is 12.1 Å². The molecule has 1 aliphatic heterocycles. The molecule has 2 N–H and O–H groups in total. The van der Waals surface area contributed by atoms with Gasteiger partial charge in [-0.3, -0.25) is 0 Å². The average molecular weight is 242 g/mol. The number of aliphatic hydroxyl groups is 1. The molecule has 3 rings (SSSR count). The van der Waals surface area contributed by atoms with E-state index in [0.29, 0.717) is 5.90 Å². The fourth-order valence-electron chi connectivity index (χ4n) is 2.11. The van der Waals surface area contributed by atoms with E-state index in [0.717, 1.165) is 11.3 Å². The Kier molecular flexibility index (Phi) is 2.86. The maximum Gasteiger partial charge on any atom is 0.234 e. The molecule has 18 heavy (non-hydrogen) atoms. The molecule has 1 aromatic carbocycles. The molecule has 0 saturated heterocycles. The van der Waals surface area contributed by atoms with Gasteiger partial charge >= 0.3 is 0 Å². The third-order valence-electron chi connectivity index (χ3n) is 3.01. The van der Waals surface area contributed by atoms with Gasteiger partial charge in [-0.05, 0) is 17.7 Å². The molecule has 0 aliphatic carbocycles. The lowest BCUT2D eigenvalue weighted by Gasteiger charge is -2.16. The van der Waals surface area contributed by atoms with Gasteiger partial charge in [-0.2, -0.15) is 0 Å². The van der Waals surface area contributed by atoms with E-state index in [1.165, 1.54) is 0 Å². The molecular formula is C14H14N2O2. The van der Waals surface area contributed by atoms with Crippen molar-refractivity contribution in [3.8, 4) is 0 Å². The Hall–Kier alpha value is -2.07. The Morgan fingerprint density at radius 3 is 2.67 bits per heavy atom. The number of aliphatic hydroxyl groups excluding tert-OH is 1. The first-order valence-electron chi connectivity index (χ1n) is 5.92. The normalized spacial score (nSPS) is 22.6. The molecule has 2 heterocycles. The zero-order chi connectivity index (χ0) is 12.4. The summed E-state index contributed by atoms with van der Waals surface area (Å²) in [4.78, 5) is 7.48. The highest BCUT2D eigenvalue weighted by molar-refractivity contribution is 5.93. The van der Waals surface area contributed by atoms with Gasteiger partial charge in [0.2, 0.25) is 5.90 Å². The summed E-state index contributed by atoms with van der Waals surface area (Å²) >= 11 is 0. The maximum absolute atomic E-state index is 9.42. The Morgan fingerprint density at radius 2 is 2.00 bits per heavy atom. The van der Waals surface area contributed by atoms with Crippen molar-refractivity contribution in [1.29, 1.82) is 0 Å². The number of nitrogens with one attached hydrogen (secondary N) is 1. The van der Waals surface area contributed by atoms with Gasteiger partial charge in [0, 0.05) is 6.20 Å². The maximum atomic E-state index is 9.42. The molecule has 4 heteroatoms. The quantitative estimate of drug-likeness (QED) is 0.863.